The van der Waals surface area contributed by atoms with Crippen molar-refractivity contribution in [3.63, 3.8) is 0 Å². The van der Waals surface area contributed by atoms with E-state index in [1.807, 2.05) is 0 Å². The number of hydrogen-bond donors (Lipinski definition) is 1. The second kappa shape index (κ2) is 8.31. The first-order valence-electron chi connectivity index (χ1n) is 9.17. The van der Waals surface area contributed by atoms with Gasteiger partial charge in [0.15, 0.2) is 0 Å². The molecule has 0 unspecified atom stereocenters. The van der Waals surface area contributed by atoms with Crippen molar-refractivity contribution in [3.05, 3.63) is 64.1 Å². The van der Waals surface area contributed by atoms with Gasteiger partial charge in [0.2, 0.25) is 5.72 Å². The molecule has 11 heteroatoms. The van der Waals surface area contributed by atoms with Crippen LogP contribution in [0.3, 0.4) is 0 Å². The number of carbonyl (C=O) groups is 1. The van der Waals surface area contributed by atoms with Crippen LogP contribution < -0.4 is 0 Å². The molecule has 0 saturated heterocycles. The number of pyridine rings is 1. The number of hydrogen-bond acceptors (Lipinski definition) is 4. The number of carbonyl (C=O) groups excluding carboxylic acids is 1. The summed E-state index contributed by atoms with van der Waals surface area (Å²) in [6.07, 6.45) is -7.91. The average Bonchev–Trinajstić information content (AvgIpc) is 3.13. The predicted molar refractivity (Wildman–Crippen MR) is 112 cm³/mol. The van der Waals surface area contributed by atoms with Gasteiger partial charge in [-0.15, -0.1) is 0 Å². The third-order valence-corrected chi connectivity index (χ3v) is 5.73. The number of amides is 1. The number of aromatic nitrogens is 1. The Balaban J connectivity index is 1.89. The van der Waals surface area contributed by atoms with Crippen LogP contribution in [0.15, 0.2) is 53.6 Å². The Bertz CT molecular complexity index is 1250. The second-order valence-corrected chi connectivity index (χ2v) is 7.88. The predicted octanol–water partition coefficient (Wildman–Crippen LogP) is 5.63. The number of fused-ring (bicyclic) bond motifs is 1. The largest absolute Gasteiger partial charge is 0.364 e. The SMILES string of the molecule is O=C(c1cc(-c2ccc(Cl)c(Cl)c2)nc2ccccc12)N1N=C(C(F)F)C[C@]1(O)C(F)F. The van der Waals surface area contributed by atoms with E-state index in [-0.39, 0.29) is 26.7 Å². The molecule has 166 valence electrons. The molecule has 32 heavy (non-hydrogen) atoms. The fourth-order valence-corrected chi connectivity index (χ4v) is 3.67. The molecule has 1 amide bonds. The molecular weight excluding hydrogens is 473 g/mol. The first-order chi connectivity index (χ1) is 15.1. The fourth-order valence-electron chi connectivity index (χ4n) is 3.37. The molecule has 5 nitrogen and oxygen atoms in total. The Kier molecular flexibility index (Phi) is 5.83. The van der Waals surface area contributed by atoms with Crippen molar-refractivity contribution >= 4 is 45.7 Å². The third kappa shape index (κ3) is 3.80. The minimum Gasteiger partial charge on any atom is -0.364 e. The lowest BCUT2D eigenvalue weighted by molar-refractivity contribution is -0.164. The number of rotatable bonds is 4. The number of benzene rings is 2. The smallest absolute Gasteiger partial charge is 0.287 e. The maximum Gasteiger partial charge on any atom is 0.287 e. The first-order valence-corrected chi connectivity index (χ1v) is 9.93. The van der Waals surface area contributed by atoms with Crippen LogP contribution in [0, 0.1) is 0 Å². The van der Waals surface area contributed by atoms with Crippen molar-refractivity contribution in [2.24, 2.45) is 5.10 Å². The second-order valence-electron chi connectivity index (χ2n) is 7.07. The maximum absolute atomic E-state index is 13.6. The number of alkyl halides is 4. The zero-order valence-corrected chi connectivity index (χ0v) is 17.5. The van der Waals surface area contributed by atoms with Gasteiger partial charge in [0.25, 0.3) is 18.8 Å². The highest BCUT2D eigenvalue weighted by atomic mass is 35.5. The summed E-state index contributed by atoms with van der Waals surface area (Å²) < 4.78 is 53.5. The van der Waals surface area contributed by atoms with Gasteiger partial charge >= 0.3 is 0 Å². The molecule has 3 aromatic rings. The lowest BCUT2D eigenvalue weighted by Gasteiger charge is -2.30. The van der Waals surface area contributed by atoms with Crippen LogP contribution >= 0.6 is 23.2 Å². The molecule has 0 saturated carbocycles. The minimum atomic E-state index is -3.53. The van der Waals surface area contributed by atoms with Crippen LogP contribution in [0.25, 0.3) is 22.2 Å². The van der Waals surface area contributed by atoms with Crippen molar-refractivity contribution in [1.29, 1.82) is 0 Å². The summed E-state index contributed by atoms with van der Waals surface area (Å²) in [4.78, 5) is 17.7. The normalized spacial score (nSPS) is 18.7. The van der Waals surface area contributed by atoms with Gasteiger partial charge in [0, 0.05) is 17.4 Å². The maximum atomic E-state index is 13.6. The van der Waals surface area contributed by atoms with Crippen molar-refractivity contribution in [1.82, 2.24) is 9.99 Å². The Labute approximate surface area is 188 Å². The number of aliphatic hydroxyl groups is 1. The van der Waals surface area contributed by atoms with Gasteiger partial charge in [0.1, 0.15) is 5.71 Å². The average molecular weight is 486 g/mol. The summed E-state index contributed by atoms with van der Waals surface area (Å²) in [6.45, 7) is 0. The van der Waals surface area contributed by atoms with E-state index < -0.39 is 36.6 Å². The Morgan fingerprint density at radius 2 is 1.78 bits per heavy atom. The summed E-state index contributed by atoms with van der Waals surface area (Å²) >= 11 is 12.0. The summed E-state index contributed by atoms with van der Waals surface area (Å²) in [6, 6.07) is 12.3. The molecule has 1 aliphatic heterocycles. The third-order valence-electron chi connectivity index (χ3n) is 4.99. The van der Waals surface area contributed by atoms with Crippen molar-refractivity contribution in [2.75, 3.05) is 0 Å². The van der Waals surface area contributed by atoms with Gasteiger partial charge in [0.05, 0.1) is 26.8 Å². The van der Waals surface area contributed by atoms with E-state index in [1.54, 1.807) is 24.3 Å². The number of nitrogens with zero attached hydrogens (tertiary/aromatic N) is 3. The van der Waals surface area contributed by atoms with Crippen LogP contribution in [0.4, 0.5) is 17.6 Å². The molecule has 4 rings (SSSR count). The van der Waals surface area contributed by atoms with Gasteiger partial charge in [-0.25, -0.2) is 22.5 Å². The zero-order valence-electron chi connectivity index (χ0n) is 15.9. The highest BCUT2D eigenvalue weighted by Gasteiger charge is 2.53. The number of hydrazone groups is 1. The van der Waals surface area contributed by atoms with E-state index in [1.165, 1.54) is 24.3 Å². The molecule has 0 fully saturated rings. The Morgan fingerprint density at radius 1 is 1.06 bits per heavy atom. The molecule has 1 aliphatic rings. The highest BCUT2D eigenvalue weighted by Crippen LogP contribution is 2.36. The Morgan fingerprint density at radius 3 is 2.44 bits per heavy atom. The Hall–Kier alpha value is -2.75. The van der Waals surface area contributed by atoms with Gasteiger partial charge < -0.3 is 5.11 Å². The van der Waals surface area contributed by atoms with Crippen LogP contribution in [-0.2, 0) is 0 Å². The molecule has 2 heterocycles. The quantitative estimate of drug-likeness (QED) is 0.487. The molecule has 0 spiro atoms. The molecule has 0 aliphatic carbocycles. The molecule has 0 bridgehead atoms. The van der Waals surface area contributed by atoms with E-state index in [2.05, 4.69) is 10.1 Å². The lowest BCUT2D eigenvalue weighted by Crippen LogP contribution is -2.51. The van der Waals surface area contributed by atoms with Crippen LogP contribution in [-0.4, -0.2) is 45.3 Å². The lowest BCUT2D eigenvalue weighted by atomic mass is 10.0. The summed E-state index contributed by atoms with van der Waals surface area (Å²) in [5, 5.41) is 14.5. The molecule has 1 atom stereocenters. The van der Waals surface area contributed by atoms with E-state index in [9.17, 15) is 27.5 Å². The van der Waals surface area contributed by atoms with Crippen LogP contribution in [0.1, 0.15) is 16.8 Å². The standard InChI is InChI=1S/C21H13Cl2F4N3O2/c22-13-6-5-10(7-14(13)23)16-8-12(11-3-1-2-4-15(11)28-16)19(31)30-21(32,20(26)27)9-17(29-30)18(24)25/h1-8,18,20,32H,9H2/t21-/m0/s1. The van der Waals surface area contributed by atoms with E-state index in [4.69, 9.17) is 23.2 Å². The molecule has 0 radical (unpaired) electrons. The van der Waals surface area contributed by atoms with Crippen molar-refractivity contribution in [2.45, 2.75) is 25.0 Å². The summed E-state index contributed by atoms with van der Waals surface area (Å²) in [5.41, 5.74) is -3.31. The van der Waals surface area contributed by atoms with E-state index in [0.29, 0.717) is 16.1 Å². The summed E-state index contributed by atoms with van der Waals surface area (Å²) in [7, 11) is 0. The first kappa shape index (κ1) is 22.4. The van der Waals surface area contributed by atoms with E-state index >= 15 is 0 Å². The fraction of sp³-hybridized carbons (Fsp3) is 0.190. The van der Waals surface area contributed by atoms with Crippen LogP contribution in [0.5, 0.6) is 0 Å². The van der Waals surface area contributed by atoms with Crippen molar-refractivity contribution in [3.8, 4) is 11.3 Å². The molecule has 2 aromatic carbocycles. The van der Waals surface area contributed by atoms with Gasteiger partial charge in [-0.2, -0.15) is 10.1 Å². The topological polar surface area (TPSA) is 65.8 Å². The van der Waals surface area contributed by atoms with Crippen molar-refractivity contribution < 1.29 is 27.5 Å². The zero-order chi connectivity index (χ0) is 23.2. The monoisotopic (exact) mass is 485 g/mol. The number of halogens is 6. The molecular formula is C21H13Cl2F4N3O2. The van der Waals surface area contributed by atoms with Gasteiger partial charge in [-0.1, -0.05) is 47.5 Å². The van der Waals surface area contributed by atoms with Gasteiger partial charge in [-0.3, -0.25) is 4.79 Å². The minimum absolute atomic E-state index is 0.0273. The highest BCUT2D eigenvalue weighted by molar-refractivity contribution is 6.42. The van der Waals surface area contributed by atoms with Gasteiger partial charge in [-0.05, 0) is 24.3 Å². The molecule has 1 N–H and O–H groups in total. The van der Waals surface area contributed by atoms with Crippen LogP contribution in [0.2, 0.25) is 10.0 Å². The summed E-state index contributed by atoms with van der Waals surface area (Å²) in [5.74, 6) is -1.18. The molecule has 1 aromatic heterocycles. The number of para-hydroxylation sites is 1. The van der Waals surface area contributed by atoms with E-state index in [0.717, 1.165) is 0 Å².